The number of nitrogens with zero attached hydrogens (tertiary/aromatic N) is 4. The number of benzene rings is 1. The zero-order chi connectivity index (χ0) is 20.8. The van der Waals surface area contributed by atoms with Crippen LogP contribution in [-0.4, -0.2) is 44.7 Å². The Morgan fingerprint density at radius 3 is 2.62 bits per heavy atom. The van der Waals surface area contributed by atoms with Crippen LogP contribution in [0.1, 0.15) is 29.7 Å². The molecular weight excluding hydrogens is 390 g/mol. The van der Waals surface area contributed by atoms with Crippen LogP contribution >= 0.6 is 0 Å². The van der Waals surface area contributed by atoms with E-state index in [-0.39, 0.29) is 5.92 Å². The number of fused-ring (bicyclic) bond motifs is 3. The number of allylic oxidation sites excluding steroid dienone is 1. The zero-order valence-electron chi connectivity index (χ0n) is 16.7. The number of sulfonamides is 1. The summed E-state index contributed by atoms with van der Waals surface area (Å²) in [6.07, 6.45) is 4.66. The molecule has 2 aromatic rings. The first-order valence-corrected chi connectivity index (χ1v) is 11.1. The SMILES string of the molecule is CON1C=C2C=Nc3c(nc(C(C)c4ccccc4)c(C)c3NS(C)(=O)=O)N2C1. The summed E-state index contributed by atoms with van der Waals surface area (Å²) in [5.74, 6) is 0.578. The maximum Gasteiger partial charge on any atom is 0.229 e. The van der Waals surface area contributed by atoms with Crippen molar-refractivity contribution in [2.24, 2.45) is 4.99 Å². The molecule has 2 aliphatic heterocycles. The quantitative estimate of drug-likeness (QED) is 0.810. The minimum Gasteiger partial charge on any atom is -0.301 e. The standard InChI is InChI=1S/C20H23N5O3S/c1-13(15-8-6-5-7-9-15)17-14(2)18(23-29(4,26)27)19-20(22-17)25-12-24(28-3)11-16(25)10-21-19/h5-11,13H,12H2,1-4H3,(H,22,23). The van der Waals surface area contributed by atoms with Gasteiger partial charge in [-0.15, -0.1) is 0 Å². The van der Waals surface area contributed by atoms with Crippen molar-refractivity contribution in [1.29, 1.82) is 0 Å². The first-order chi connectivity index (χ1) is 13.8. The fraction of sp³-hybridized carbons (Fsp3) is 0.300. The highest BCUT2D eigenvalue weighted by molar-refractivity contribution is 7.92. The molecule has 3 heterocycles. The average molecular weight is 414 g/mol. The van der Waals surface area contributed by atoms with Crippen molar-refractivity contribution in [3.05, 3.63) is 59.0 Å². The van der Waals surface area contributed by atoms with Gasteiger partial charge in [0.15, 0.2) is 5.82 Å². The number of rotatable bonds is 5. The second-order valence-electron chi connectivity index (χ2n) is 7.16. The van der Waals surface area contributed by atoms with Gasteiger partial charge in [0.1, 0.15) is 12.4 Å². The molecule has 0 radical (unpaired) electrons. The Morgan fingerprint density at radius 2 is 1.97 bits per heavy atom. The summed E-state index contributed by atoms with van der Waals surface area (Å²) in [7, 11) is -1.90. The number of aromatic nitrogens is 1. The van der Waals surface area contributed by atoms with Crippen LogP contribution in [0.4, 0.5) is 17.2 Å². The number of pyridine rings is 1. The fourth-order valence-corrected chi connectivity index (χ4v) is 4.24. The molecule has 1 atom stereocenters. The average Bonchev–Trinajstić information content (AvgIpc) is 3.13. The number of hydroxylamine groups is 2. The van der Waals surface area contributed by atoms with E-state index in [0.717, 1.165) is 28.8 Å². The maximum atomic E-state index is 12.1. The van der Waals surface area contributed by atoms with Gasteiger partial charge in [-0.3, -0.25) is 9.56 Å². The van der Waals surface area contributed by atoms with Crippen molar-refractivity contribution in [2.75, 3.05) is 29.7 Å². The number of nitrogens with one attached hydrogen (secondary N) is 1. The van der Waals surface area contributed by atoms with Crippen molar-refractivity contribution in [3.8, 4) is 0 Å². The van der Waals surface area contributed by atoms with Crippen LogP contribution in [0.3, 0.4) is 0 Å². The van der Waals surface area contributed by atoms with Gasteiger partial charge in [0.2, 0.25) is 10.0 Å². The molecule has 0 bridgehead atoms. The third-order valence-corrected chi connectivity index (χ3v) is 5.69. The molecule has 0 saturated heterocycles. The predicted molar refractivity (Wildman–Crippen MR) is 114 cm³/mol. The molecule has 152 valence electrons. The van der Waals surface area contributed by atoms with E-state index in [1.165, 1.54) is 0 Å². The van der Waals surface area contributed by atoms with Gasteiger partial charge >= 0.3 is 0 Å². The van der Waals surface area contributed by atoms with Gasteiger partial charge in [-0.05, 0) is 18.1 Å². The van der Waals surface area contributed by atoms with E-state index in [1.54, 1.807) is 18.4 Å². The van der Waals surface area contributed by atoms with Crippen LogP contribution < -0.4 is 9.62 Å². The van der Waals surface area contributed by atoms with Gasteiger partial charge in [0, 0.05) is 5.92 Å². The molecule has 9 heteroatoms. The summed E-state index contributed by atoms with van der Waals surface area (Å²) >= 11 is 0. The minimum atomic E-state index is -3.50. The molecule has 4 rings (SSSR count). The molecule has 0 aliphatic carbocycles. The second-order valence-corrected chi connectivity index (χ2v) is 8.91. The molecule has 1 unspecified atom stereocenters. The lowest BCUT2D eigenvalue weighted by atomic mass is 9.93. The van der Waals surface area contributed by atoms with E-state index in [9.17, 15) is 8.42 Å². The zero-order valence-corrected chi connectivity index (χ0v) is 17.6. The number of aliphatic imine (C=N–C) groups is 1. The van der Waals surface area contributed by atoms with E-state index in [4.69, 9.17) is 9.82 Å². The van der Waals surface area contributed by atoms with Gasteiger partial charge in [-0.2, -0.15) is 0 Å². The van der Waals surface area contributed by atoms with Crippen molar-refractivity contribution in [2.45, 2.75) is 19.8 Å². The maximum absolute atomic E-state index is 12.1. The van der Waals surface area contributed by atoms with Gasteiger partial charge in [0.05, 0.1) is 42.9 Å². The van der Waals surface area contributed by atoms with Crippen LogP contribution in [0, 0.1) is 6.92 Å². The molecule has 1 aromatic heterocycles. The largest absolute Gasteiger partial charge is 0.301 e. The lowest BCUT2D eigenvalue weighted by Crippen LogP contribution is -2.29. The molecule has 2 aliphatic rings. The monoisotopic (exact) mass is 413 g/mol. The summed E-state index contributed by atoms with van der Waals surface area (Å²) < 4.78 is 26.8. The lowest BCUT2D eigenvalue weighted by Gasteiger charge is -2.29. The third kappa shape index (κ3) is 3.58. The van der Waals surface area contributed by atoms with Crippen LogP contribution in [0.2, 0.25) is 0 Å². The van der Waals surface area contributed by atoms with Crippen molar-refractivity contribution in [3.63, 3.8) is 0 Å². The Kier molecular flexibility index (Phi) is 4.79. The highest BCUT2D eigenvalue weighted by Gasteiger charge is 2.32. The summed E-state index contributed by atoms with van der Waals surface area (Å²) in [4.78, 5) is 16.7. The topological polar surface area (TPSA) is 87.1 Å². The summed E-state index contributed by atoms with van der Waals surface area (Å²) in [5.41, 5.74) is 4.46. The lowest BCUT2D eigenvalue weighted by molar-refractivity contribution is -0.0790. The molecule has 0 saturated carbocycles. The highest BCUT2D eigenvalue weighted by atomic mass is 32.2. The predicted octanol–water partition coefficient (Wildman–Crippen LogP) is 3.11. The number of hydrogen-bond acceptors (Lipinski definition) is 7. The van der Waals surface area contributed by atoms with Crippen LogP contribution in [0.25, 0.3) is 0 Å². The van der Waals surface area contributed by atoms with Gasteiger partial charge in [-0.1, -0.05) is 37.3 Å². The molecule has 29 heavy (non-hydrogen) atoms. The molecule has 1 N–H and O–H groups in total. The fourth-order valence-electron chi connectivity index (χ4n) is 3.62. The summed E-state index contributed by atoms with van der Waals surface area (Å²) in [6.45, 7) is 4.38. The van der Waals surface area contributed by atoms with Crippen molar-refractivity contribution in [1.82, 2.24) is 10.0 Å². The van der Waals surface area contributed by atoms with Crippen LogP contribution in [0.5, 0.6) is 0 Å². The van der Waals surface area contributed by atoms with E-state index in [1.807, 2.05) is 48.4 Å². The first kappa shape index (κ1) is 19.4. The Hall–Kier alpha value is -2.91. The number of hydrogen-bond donors (Lipinski definition) is 1. The molecule has 1 aromatic carbocycles. The van der Waals surface area contributed by atoms with Gasteiger partial charge in [-0.25, -0.2) is 23.5 Å². The molecule has 0 fully saturated rings. The third-order valence-electron chi connectivity index (χ3n) is 5.12. The summed E-state index contributed by atoms with van der Waals surface area (Å²) in [5, 5.41) is 1.67. The Labute approximate surface area is 170 Å². The highest BCUT2D eigenvalue weighted by Crippen LogP contribution is 2.45. The van der Waals surface area contributed by atoms with E-state index in [0.29, 0.717) is 23.9 Å². The summed E-state index contributed by atoms with van der Waals surface area (Å²) in [6, 6.07) is 10.0. The van der Waals surface area contributed by atoms with Crippen LogP contribution in [-0.2, 0) is 14.9 Å². The Morgan fingerprint density at radius 1 is 1.24 bits per heavy atom. The van der Waals surface area contributed by atoms with Crippen molar-refractivity contribution >= 4 is 33.4 Å². The second kappa shape index (κ2) is 7.16. The Bertz CT molecular complexity index is 1110. The minimum absolute atomic E-state index is 0.0268. The van der Waals surface area contributed by atoms with E-state index in [2.05, 4.69) is 16.6 Å². The van der Waals surface area contributed by atoms with Gasteiger partial charge in [0.25, 0.3) is 0 Å². The molecule has 0 spiro atoms. The van der Waals surface area contributed by atoms with Crippen LogP contribution in [0.15, 0.2) is 47.2 Å². The Balaban J connectivity index is 1.90. The van der Waals surface area contributed by atoms with Crippen molar-refractivity contribution < 1.29 is 13.3 Å². The molecule has 0 amide bonds. The smallest absolute Gasteiger partial charge is 0.229 e. The van der Waals surface area contributed by atoms with Gasteiger partial charge < -0.3 is 4.90 Å². The van der Waals surface area contributed by atoms with E-state index >= 15 is 0 Å². The first-order valence-electron chi connectivity index (χ1n) is 9.20. The molecular formula is C20H23N5O3S. The molecule has 8 nitrogen and oxygen atoms in total. The normalized spacial score (nSPS) is 16.3. The number of anilines is 2. The van der Waals surface area contributed by atoms with E-state index < -0.39 is 10.0 Å².